The second-order valence-electron chi connectivity index (χ2n) is 28.5. The van der Waals surface area contributed by atoms with Gasteiger partial charge in [-0.3, -0.25) is 0 Å². The molecule has 5 heterocycles. The summed E-state index contributed by atoms with van der Waals surface area (Å²) >= 11 is 1.33. The van der Waals surface area contributed by atoms with Crippen LogP contribution >= 0.6 is 11.8 Å². The van der Waals surface area contributed by atoms with Crippen molar-refractivity contribution < 1.29 is 29.4 Å². The number of anilines is 3. The van der Waals surface area contributed by atoms with E-state index >= 15 is 0 Å². The Kier molecular flexibility index (Phi) is 10.8. The van der Waals surface area contributed by atoms with E-state index in [-0.39, 0.29) is 67.1 Å². The van der Waals surface area contributed by atoms with Gasteiger partial charge >= 0.3 is 0 Å². The number of nitrogens with zero attached hydrogens (tertiary/aromatic N) is 3. The van der Waals surface area contributed by atoms with E-state index < -0.39 is 114 Å². The van der Waals surface area contributed by atoms with E-state index in [0.717, 1.165) is 72.3 Å². The van der Waals surface area contributed by atoms with Gasteiger partial charge in [-0.15, -0.1) is 0 Å². The molecule has 0 fully saturated rings. The van der Waals surface area contributed by atoms with Crippen molar-refractivity contribution in [1.29, 1.82) is 0 Å². The number of para-hydroxylation sites is 5. The molecule has 2 aromatic heterocycles. The van der Waals surface area contributed by atoms with E-state index in [4.69, 9.17) is 13.0 Å². The predicted molar refractivity (Wildman–Crippen MR) is 449 cm³/mol. The first kappa shape index (κ1) is 46.8. The van der Waals surface area contributed by atoms with Gasteiger partial charge in [-0.05, 0) is 175 Å². The van der Waals surface area contributed by atoms with Crippen LogP contribution in [0.15, 0.2) is 379 Å². The summed E-state index contributed by atoms with van der Waals surface area (Å²) in [7, 11) is 0. The van der Waals surface area contributed by atoms with Crippen molar-refractivity contribution in [2.24, 2.45) is 0 Å². The molecule has 504 valence electrons. The number of aromatic nitrogens is 2. The van der Waals surface area contributed by atoms with Gasteiger partial charge in [-0.25, -0.2) is 0 Å². The van der Waals surface area contributed by atoms with Crippen molar-refractivity contribution in [3.8, 4) is 78.5 Å². The molecule has 3 aliphatic heterocycles. The van der Waals surface area contributed by atoms with Gasteiger partial charge in [-0.1, -0.05) is 311 Å². The minimum absolute atomic E-state index is 0.0833. The lowest BCUT2D eigenvalue weighted by Gasteiger charge is -2.43. The second-order valence-corrected chi connectivity index (χ2v) is 29.6. The van der Waals surface area contributed by atoms with E-state index in [9.17, 15) is 16.4 Å². The Morgan fingerprint density at radius 1 is 0.355 bits per heavy atom. The molecule has 0 N–H and O–H groups in total. The Balaban J connectivity index is 0.938. The van der Waals surface area contributed by atoms with E-state index in [1.54, 1.807) is 12.1 Å². The van der Waals surface area contributed by atoms with Crippen LogP contribution in [0.25, 0.3) is 111 Å². The van der Waals surface area contributed by atoms with Crippen LogP contribution in [-0.2, 0) is 10.8 Å². The van der Waals surface area contributed by atoms with Gasteiger partial charge in [0.2, 0.25) is 6.71 Å². The lowest BCUT2D eigenvalue weighted by Crippen LogP contribution is -2.60. The largest absolute Gasteiger partial charge is 0.457 e. The van der Waals surface area contributed by atoms with Gasteiger partial charge in [-0.2, -0.15) is 0 Å². The van der Waals surface area contributed by atoms with Crippen LogP contribution in [0.3, 0.4) is 0 Å². The van der Waals surface area contributed by atoms with Gasteiger partial charge in [0.25, 0.3) is 0 Å². The highest BCUT2D eigenvalue weighted by Crippen LogP contribution is 2.58. The van der Waals surface area contributed by atoms with Crippen LogP contribution in [0.5, 0.6) is 11.5 Å². The highest BCUT2D eigenvalue weighted by Gasteiger charge is 2.47. The first-order valence-electron chi connectivity index (χ1n) is 44.7. The minimum atomic E-state index is -1.09. The summed E-state index contributed by atoms with van der Waals surface area (Å²) in [5.74, 6) is 1.20. The highest BCUT2D eigenvalue weighted by molar-refractivity contribution is 8.00. The lowest BCUT2D eigenvalue weighted by molar-refractivity contribution is 0.434. The summed E-state index contributed by atoms with van der Waals surface area (Å²) in [5, 5.41) is -0.616. The summed E-state index contributed by atoms with van der Waals surface area (Å²) in [6, 6.07) is 78.0. The molecule has 21 rings (SSSR count). The quantitative estimate of drug-likeness (QED) is 0.127. The molecule has 0 bridgehead atoms. The zero-order valence-electron chi connectivity index (χ0n) is 76.1. The van der Waals surface area contributed by atoms with Crippen molar-refractivity contribution >= 4 is 95.5 Å². The topological polar surface area (TPSA) is 22.3 Å². The minimum Gasteiger partial charge on any atom is -0.457 e. The van der Waals surface area contributed by atoms with Gasteiger partial charge in [0, 0.05) is 76.3 Å². The molecule has 107 heavy (non-hydrogen) atoms. The monoisotopic (exact) mass is 1400 g/mol. The van der Waals surface area contributed by atoms with Crippen molar-refractivity contribution in [3.63, 3.8) is 0 Å². The van der Waals surface area contributed by atoms with Gasteiger partial charge < -0.3 is 18.8 Å². The average Bonchev–Trinajstić information content (AvgIpc) is 1.62. The SMILES string of the molecule is [2H]c1cc(-n2c3c([2H])c([2H])c([2H])c([2H])c3c3c([2H])c([2H])c([2H])c([2H])c32)cc2c1B1c3c([2H])cc(-n4c5c([2H])c([2H])c([2H])c([2H])c5c5c([2H])c([2H])c([2H])c([2H])c54)cc3N(c3c(-c4cccc(-c5ccccc5)c4)cc(C(C)(C)C)cc3-c3cccc(-c4ccccc4)c3)c3cc(-c4ccc5c(c4)Oc4ccccc4C5(c4ccccc4)c4ccccc4)cc(c31)S2. The summed E-state index contributed by atoms with van der Waals surface area (Å²) < 4.78 is 183. The van der Waals surface area contributed by atoms with Crippen LogP contribution < -0.4 is 26.0 Å². The summed E-state index contributed by atoms with van der Waals surface area (Å²) in [6.45, 7) is 5.43. The third-order valence-corrected chi connectivity index (χ3v) is 22.6. The van der Waals surface area contributed by atoms with E-state index in [1.807, 2.05) is 109 Å². The predicted octanol–water partition coefficient (Wildman–Crippen LogP) is 24.8. The molecule has 3 aliphatic rings. The Morgan fingerprint density at radius 2 is 0.813 bits per heavy atom. The van der Waals surface area contributed by atoms with Crippen molar-refractivity contribution in [1.82, 2.24) is 9.13 Å². The van der Waals surface area contributed by atoms with Gasteiger partial charge in [0.15, 0.2) is 0 Å². The summed E-state index contributed by atoms with van der Waals surface area (Å²) in [4.78, 5) is 3.26. The third-order valence-electron chi connectivity index (χ3n) is 21.5. The number of fused-ring (bicyclic) bond motifs is 12. The molecule has 0 spiro atoms. The van der Waals surface area contributed by atoms with Crippen molar-refractivity contribution in [2.45, 2.75) is 41.4 Å². The van der Waals surface area contributed by atoms with Crippen LogP contribution in [0.2, 0.25) is 0 Å². The van der Waals surface area contributed by atoms with Crippen molar-refractivity contribution in [3.05, 3.63) is 397 Å². The molecular formula is C101H70BN3OS. The molecule has 4 nitrogen and oxygen atoms in total. The van der Waals surface area contributed by atoms with E-state index in [1.165, 1.54) is 27.0 Å². The molecule has 0 unspecified atom stereocenters. The third kappa shape index (κ3) is 9.93. The Labute approximate surface area is 653 Å². The first-order chi connectivity index (χ1) is 60.1. The number of ether oxygens (including phenoxy) is 1. The Bertz CT molecular complexity index is 7470. The molecule has 6 heteroatoms. The molecule has 0 amide bonds. The molecule has 0 saturated carbocycles. The fourth-order valence-electron chi connectivity index (χ4n) is 16.7. The smallest absolute Gasteiger partial charge is 0.249 e. The van der Waals surface area contributed by atoms with Crippen LogP contribution in [0.4, 0.5) is 17.1 Å². The zero-order valence-corrected chi connectivity index (χ0v) is 58.9. The molecule has 0 aliphatic carbocycles. The van der Waals surface area contributed by atoms with Crippen LogP contribution in [-0.4, -0.2) is 15.8 Å². The lowest BCUT2D eigenvalue weighted by atomic mass is 9.34. The van der Waals surface area contributed by atoms with Crippen molar-refractivity contribution in [2.75, 3.05) is 4.90 Å². The average molecular weight is 1400 g/mol. The number of hydrogen-bond donors (Lipinski definition) is 0. The van der Waals surface area contributed by atoms with Crippen LogP contribution in [0.1, 0.15) is 73.3 Å². The number of rotatable bonds is 10. The molecule has 0 saturated heterocycles. The van der Waals surface area contributed by atoms with E-state index in [2.05, 4.69) is 159 Å². The maximum Gasteiger partial charge on any atom is 0.249 e. The summed E-state index contributed by atoms with van der Waals surface area (Å²) in [6.07, 6.45) is 0. The molecule has 18 aromatic rings. The van der Waals surface area contributed by atoms with Gasteiger partial charge in [0.1, 0.15) is 11.5 Å². The normalized spacial score (nSPS) is 15.6. The zero-order chi connectivity index (χ0) is 86.7. The molecular weight excluding hydrogens is 1310 g/mol. The van der Waals surface area contributed by atoms with E-state index in [0.29, 0.717) is 65.9 Å². The fourth-order valence-corrected chi connectivity index (χ4v) is 17.9. The summed E-state index contributed by atoms with van der Waals surface area (Å²) in [5.41, 5.74) is 14.0. The Morgan fingerprint density at radius 3 is 1.36 bits per heavy atom. The Hall–Kier alpha value is -12.9. The maximum atomic E-state index is 11.3. The van der Waals surface area contributed by atoms with Crippen LogP contribution in [0, 0.1) is 0 Å². The number of benzene rings is 16. The standard InChI is InChI=1S/C101H70BN3OS/c1-100(2,3)75-61-82(70-34-26-32-67(56-70)65-28-8-4-9-29-65)99(83(62-75)71-35-27-33-68(57-71)66-30-10-5-11-31-66)105-92-63-76(103-88-45-21-16-40-78(88)79-41-17-22-46-89(79)103)51-54-86(92)102-87-55-52-77(104-90-47-23-18-42-80(90)81-43-19-24-48-91(81)104)64-96(87)107-97-60-72(58-93(105)98(97)102)69-50-53-85-95(59-69)106-94-49-25-20-44-84(94)101(85,73-36-12-6-13-37-73)74-38-14-7-15-39-74/h4-64H,1-3H3/i16D,17D,18D,19D,21D,22D,23D,24D,40D,41D,42D,43D,45D,46D,47D,48D,54D,55D. The highest BCUT2D eigenvalue weighted by atomic mass is 32.2. The molecule has 0 atom stereocenters. The first-order valence-corrected chi connectivity index (χ1v) is 36.5. The van der Waals surface area contributed by atoms with Gasteiger partial charge in [0.05, 0.1) is 57.8 Å². The molecule has 0 radical (unpaired) electrons. The maximum absolute atomic E-state index is 11.3. The fraction of sp³-hybridized carbons (Fsp3) is 0.0495. The number of hydrogen-bond acceptors (Lipinski definition) is 3. The second kappa shape index (κ2) is 24.6. The molecule has 16 aromatic carbocycles.